The minimum absolute atomic E-state index is 0.0721. The molecular weight excluding hydrogens is 475 g/mol. The molecule has 5 nitrogen and oxygen atoms in total. The van der Waals surface area contributed by atoms with Crippen molar-refractivity contribution in [2.75, 3.05) is 26.2 Å². The maximum absolute atomic E-state index is 12.5. The molecule has 9 heteroatoms. The van der Waals surface area contributed by atoms with E-state index in [1.807, 2.05) is 0 Å². The number of nitrogens with one attached hydrogen (secondary N) is 2. The number of nitrogens with zero attached hydrogens (tertiary/aromatic N) is 1. The van der Waals surface area contributed by atoms with Gasteiger partial charge in [-0.3, -0.25) is 14.5 Å². The maximum Gasteiger partial charge on any atom is 0.446 e. The number of benzene rings is 2. The zero-order chi connectivity index (χ0) is 24.8. The fourth-order valence-electron chi connectivity index (χ4n) is 4.75. The van der Waals surface area contributed by atoms with Gasteiger partial charge in [0, 0.05) is 23.5 Å². The molecule has 0 saturated carbocycles. The van der Waals surface area contributed by atoms with Gasteiger partial charge in [0.15, 0.2) is 0 Å². The number of hydrogen-bond donors (Lipinski definition) is 2. The lowest BCUT2D eigenvalue weighted by molar-refractivity contribution is -0.120. The summed E-state index contributed by atoms with van der Waals surface area (Å²) in [4.78, 5) is 26.8. The first-order valence-corrected chi connectivity index (χ1v) is 12.8. The lowest BCUT2D eigenvalue weighted by Gasteiger charge is -2.32. The van der Waals surface area contributed by atoms with Gasteiger partial charge < -0.3 is 10.6 Å². The van der Waals surface area contributed by atoms with Crippen molar-refractivity contribution >= 4 is 23.6 Å². The molecule has 2 N–H and O–H groups in total. The van der Waals surface area contributed by atoms with Crippen LogP contribution >= 0.6 is 11.8 Å². The van der Waals surface area contributed by atoms with E-state index < -0.39 is 11.4 Å². The molecule has 1 heterocycles. The Morgan fingerprint density at radius 3 is 2.54 bits per heavy atom. The Labute approximate surface area is 207 Å². The topological polar surface area (TPSA) is 61.4 Å². The minimum atomic E-state index is -4.42. The summed E-state index contributed by atoms with van der Waals surface area (Å²) in [7, 11) is 0. The fourth-order valence-corrected chi connectivity index (χ4v) is 5.35. The van der Waals surface area contributed by atoms with E-state index in [9.17, 15) is 22.8 Å². The number of amides is 2. The number of alkyl halides is 3. The summed E-state index contributed by atoms with van der Waals surface area (Å²) in [6, 6.07) is 12.1. The zero-order valence-corrected chi connectivity index (χ0v) is 20.3. The van der Waals surface area contributed by atoms with E-state index in [0.29, 0.717) is 12.5 Å². The minimum Gasteiger partial charge on any atom is -0.354 e. The summed E-state index contributed by atoms with van der Waals surface area (Å²) in [5.74, 6) is -0.494. The summed E-state index contributed by atoms with van der Waals surface area (Å²) in [6.45, 7) is 3.27. The van der Waals surface area contributed by atoms with Crippen molar-refractivity contribution in [2.24, 2.45) is 5.92 Å². The Balaban J connectivity index is 1.14. The van der Waals surface area contributed by atoms with Crippen LogP contribution in [0.5, 0.6) is 0 Å². The maximum atomic E-state index is 12.5. The number of rotatable bonds is 8. The van der Waals surface area contributed by atoms with Gasteiger partial charge in [-0.15, -0.1) is 0 Å². The largest absolute Gasteiger partial charge is 0.446 e. The summed E-state index contributed by atoms with van der Waals surface area (Å²) < 4.78 is 37.6. The van der Waals surface area contributed by atoms with Crippen molar-refractivity contribution in [3.63, 3.8) is 0 Å². The SMILES string of the molecule is O=C(CNC(=O)c1cccc(SC(F)(F)F)c1)NCC1CCN(Cc2ccc3c(c2)CCC3)CC1. The van der Waals surface area contributed by atoms with E-state index in [0.717, 1.165) is 32.5 Å². The molecular formula is C26H30F3N3O2S. The predicted octanol–water partition coefficient (Wildman–Crippen LogP) is 4.55. The van der Waals surface area contributed by atoms with Gasteiger partial charge in [0.25, 0.3) is 5.91 Å². The molecule has 1 fully saturated rings. The normalized spacial score (nSPS) is 16.7. The molecule has 4 rings (SSSR count). The van der Waals surface area contributed by atoms with E-state index in [1.165, 1.54) is 60.2 Å². The van der Waals surface area contributed by atoms with E-state index >= 15 is 0 Å². The van der Waals surface area contributed by atoms with Gasteiger partial charge in [-0.05, 0) is 97.8 Å². The van der Waals surface area contributed by atoms with Crippen LogP contribution < -0.4 is 10.6 Å². The van der Waals surface area contributed by atoms with E-state index in [4.69, 9.17) is 0 Å². The van der Waals surface area contributed by atoms with Gasteiger partial charge in [-0.2, -0.15) is 13.2 Å². The molecule has 1 saturated heterocycles. The average Bonchev–Trinajstić information content (AvgIpc) is 3.29. The van der Waals surface area contributed by atoms with Gasteiger partial charge >= 0.3 is 5.51 Å². The van der Waals surface area contributed by atoms with Gasteiger partial charge in [-0.1, -0.05) is 24.3 Å². The standard InChI is InChI=1S/C26H30F3N3O2S/c27-26(28,29)35-23-6-2-5-22(14-23)25(34)31-16-24(33)30-15-18-9-11-32(12-10-18)17-19-7-8-20-3-1-4-21(20)13-19/h2,5-8,13-14,18H,1,3-4,9-12,15-17H2,(H,30,33)(H,31,34). The third-order valence-electron chi connectivity index (χ3n) is 6.60. The summed E-state index contributed by atoms with van der Waals surface area (Å²) in [6.07, 6.45) is 5.65. The molecule has 2 amide bonds. The lowest BCUT2D eigenvalue weighted by atomic mass is 9.96. The van der Waals surface area contributed by atoms with Crippen molar-refractivity contribution in [3.05, 3.63) is 64.7 Å². The molecule has 2 aromatic carbocycles. The molecule has 1 aliphatic heterocycles. The quantitative estimate of drug-likeness (QED) is 0.517. The van der Waals surface area contributed by atoms with Crippen molar-refractivity contribution < 1.29 is 22.8 Å². The molecule has 0 unspecified atom stereocenters. The van der Waals surface area contributed by atoms with Crippen LogP contribution in [0.25, 0.3) is 0 Å². The lowest BCUT2D eigenvalue weighted by Crippen LogP contribution is -2.41. The number of fused-ring (bicyclic) bond motifs is 1. The number of likely N-dealkylation sites (tertiary alicyclic amines) is 1. The van der Waals surface area contributed by atoms with Crippen LogP contribution in [0.2, 0.25) is 0 Å². The fraction of sp³-hybridized carbons (Fsp3) is 0.462. The Hall–Kier alpha value is -2.52. The van der Waals surface area contributed by atoms with Crippen LogP contribution in [0.4, 0.5) is 13.2 Å². The van der Waals surface area contributed by atoms with Gasteiger partial charge in [0.1, 0.15) is 0 Å². The van der Waals surface area contributed by atoms with E-state index in [2.05, 4.69) is 33.7 Å². The molecule has 188 valence electrons. The highest BCUT2D eigenvalue weighted by molar-refractivity contribution is 8.00. The Kier molecular flexibility index (Phi) is 8.38. The second kappa shape index (κ2) is 11.5. The Morgan fingerprint density at radius 2 is 1.77 bits per heavy atom. The molecule has 2 aromatic rings. The summed E-state index contributed by atoms with van der Waals surface area (Å²) >= 11 is -0.277. The van der Waals surface area contributed by atoms with Crippen LogP contribution in [-0.2, 0) is 24.2 Å². The highest BCUT2D eigenvalue weighted by atomic mass is 32.2. The predicted molar refractivity (Wildman–Crippen MR) is 130 cm³/mol. The summed E-state index contributed by atoms with van der Waals surface area (Å²) in [5, 5.41) is 5.35. The molecule has 0 radical (unpaired) electrons. The average molecular weight is 506 g/mol. The first-order chi connectivity index (χ1) is 16.7. The van der Waals surface area contributed by atoms with Crippen molar-refractivity contribution in [1.82, 2.24) is 15.5 Å². The van der Waals surface area contributed by atoms with Crippen LogP contribution in [0.15, 0.2) is 47.4 Å². The first-order valence-electron chi connectivity index (χ1n) is 12.0. The van der Waals surface area contributed by atoms with Gasteiger partial charge in [-0.25, -0.2) is 0 Å². The number of piperidine rings is 1. The van der Waals surface area contributed by atoms with E-state index in [-0.39, 0.29) is 34.7 Å². The number of hydrogen-bond acceptors (Lipinski definition) is 4. The van der Waals surface area contributed by atoms with E-state index in [1.54, 1.807) is 0 Å². The number of thioether (sulfide) groups is 1. The number of halogens is 3. The molecule has 1 aliphatic carbocycles. The first kappa shape index (κ1) is 25.6. The molecule has 2 aliphatic rings. The van der Waals surface area contributed by atoms with Crippen LogP contribution in [0.3, 0.4) is 0 Å². The third kappa shape index (κ3) is 7.73. The third-order valence-corrected chi connectivity index (χ3v) is 7.32. The van der Waals surface area contributed by atoms with Crippen LogP contribution in [-0.4, -0.2) is 48.4 Å². The molecule has 0 bridgehead atoms. The highest BCUT2D eigenvalue weighted by Gasteiger charge is 2.29. The zero-order valence-electron chi connectivity index (χ0n) is 19.5. The van der Waals surface area contributed by atoms with Crippen molar-refractivity contribution in [1.29, 1.82) is 0 Å². The van der Waals surface area contributed by atoms with Gasteiger partial charge in [0.05, 0.1) is 6.54 Å². The second-order valence-electron chi connectivity index (χ2n) is 9.24. The number of carbonyl (C=O) groups is 2. The van der Waals surface area contributed by atoms with Gasteiger partial charge in [0.2, 0.25) is 5.91 Å². The van der Waals surface area contributed by atoms with Crippen molar-refractivity contribution in [2.45, 2.75) is 49.1 Å². The Bertz CT molecular complexity index is 1050. The smallest absolute Gasteiger partial charge is 0.354 e. The van der Waals surface area contributed by atoms with Crippen LogP contribution in [0.1, 0.15) is 46.3 Å². The molecule has 0 spiro atoms. The number of carbonyl (C=O) groups excluding carboxylic acids is 2. The van der Waals surface area contributed by atoms with Crippen LogP contribution in [0, 0.1) is 5.92 Å². The molecule has 0 atom stereocenters. The highest BCUT2D eigenvalue weighted by Crippen LogP contribution is 2.37. The number of aryl methyl sites for hydroxylation is 2. The molecule has 0 aromatic heterocycles. The Morgan fingerprint density at radius 1 is 1.00 bits per heavy atom. The monoisotopic (exact) mass is 505 g/mol. The van der Waals surface area contributed by atoms with Crippen molar-refractivity contribution in [3.8, 4) is 0 Å². The molecule has 35 heavy (non-hydrogen) atoms. The second-order valence-corrected chi connectivity index (χ2v) is 10.4. The summed E-state index contributed by atoms with van der Waals surface area (Å²) in [5.41, 5.74) is 0.0269.